The number of aliphatic hydroxyl groups is 1. The van der Waals surface area contributed by atoms with E-state index in [0.717, 1.165) is 0 Å². The molecule has 0 spiro atoms. The zero-order valence-electron chi connectivity index (χ0n) is 7.74. The van der Waals surface area contributed by atoms with Crippen molar-refractivity contribution in [1.29, 1.82) is 5.26 Å². The van der Waals surface area contributed by atoms with Crippen LogP contribution in [-0.2, 0) is 13.2 Å². The first-order valence-electron chi connectivity index (χ1n) is 4.15. The molecule has 0 atom stereocenters. The SMILES string of the molecule is N#Cc1c(CN)cnc(CO)c1C(F)F. The summed E-state index contributed by atoms with van der Waals surface area (Å²) in [5.41, 5.74) is 4.65. The molecular weight excluding hydrogens is 204 g/mol. The topological polar surface area (TPSA) is 82.9 Å². The van der Waals surface area contributed by atoms with Gasteiger partial charge in [-0.2, -0.15) is 5.26 Å². The van der Waals surface area contributed by atoms with E-state index in [1.807, 2.05) is 0 Å². The average Bonchev–Trinajstić information content (AvgIpc) is 2.26. The number of alkyl halides is 2. The number of nitrogens with zero attached hydrogens (tertiary/aromatic N) is 2. The van der Waals surface area contributed by atoms with Gasteiger partial charge in [-0.1, -0.05) is 0 Å². The lowest BCUT2D eigenvalue weighted by atomic mass is 10.0. The molecule has 0 aliphatic carbocycles. The molecular formula is C9H9F2N3O. The molecule has 3 N–H and O–H groups in total. The van der Waals surface area contributed by atoms with E-state index in [-0.39, 0.29) is 23.4 Å². The van der Waals surface area contributed by atoms with Crippen LogP contribution in [0.2, 0.25) is 0 Å². The first-order valence-corrected chi connectivity index (χ1v) is 4.15. The Bertz CT molecular complexity index is 401. The Morgan fingerprint density at radius 1 is 1.60 bits per heavy atom. The summed E-state index contributed by atoms with van der Waals surface area (Å²) in [5.74, 6) is 0. The van der Waals surface area contributed by atoms with Crippen LogP contribution in [0.3, 0.4) is 0 Å². The predicted octanol–water partition coefficient (Wildman–Crippen LogP) is 0.842. The normalized spacial score (nSPS) is 10.4. The van der Waals surface area contributed by atoms with Gasteiger partial charge in [0.05, 0.1) is 23.4 Å². The molecule has 6 heteroatoms. The molecule has 0 aliphatic heterocycles. The molecule has 0 bridgehead atoms. The minimum atomic E-state index is -2.85. The van der Waals surface area contributed by atoms with Crippen LogP contribution in [-0.4, -0.2) is 10.1 Å². The molecule has 4 nitrogen and oxygen atoms in total. The Labute approximate surface area is 85.0 Å². The number of aromatic nitrogens is 1. The van der Waals surface area contributed by atoms with Crippen molar-refractivity contribution in [2.75, 3.05) is 0 Å². The monoisotopic (exact) mass is 213 g/mol. The van der Waals surface area contributed by atoms with Gasteiger partial charge in [0.2, 0.25) is 0 Å². The quantitative estimate of drug-likeness (QED) is 0.779. The van der Waals surface area contributed by atoms with Gasteiger partial charge in [0.1, 0.15) is 6.07 Å². The van der Waals surface area contributed by atoms with Crippen molar-refractivity contribution >= 4 is 0 Å². The number of aliphatic hydroxyl groups excluding tert-OH is 1. The molecule has 15 heavy (non-hydrogen) atoms. The van der Waals surface area contributed by atoms with Crippen molar-refractivity contribution in [2.24, 2.45) is 5.73 Å². The van der Waals surface area contributed by atoms with Gasteiger partial charge in [0.25, 0.3) is 6.43 Å². The third kappa shape index (κ3) is 2.09. The Morgan fingerprint density at radius 3 is 2.67 bits per heavy atom. The van der Waals surface area contributed by atoms with E-state index in [9.17, 15) is 8.78 Å². The van der Waals surface area contributed by atoms with E-state index >= 15 is 0 Å². The van der Waals surface area contributed by atoms with Crippen molar-refractivity contribution in [1.82, 2.24) is 4.98 Å². The van der Waals surface area contributed by atoms with Crippen LogP contribution >= 0.6 is 0 Å². The van der Waals surface area contributed by atoms with Crippen molar-refractivity contribution < 1.29 is 13.9 Å². The third-order valence-electron chi connectivity index (χ3n) is 1.98. The highest BCUT2D eigenvalue weighted by molar-refractivity contribution is 5.46. The van der Waals surface area contributed by atoms with E-state index in [4.69, 9.17) is 16.1 Å². The molecule has 0 unspecified atom stereocenters. The first-order chi connectivity index (χ1) is 7.15. The molecule has 0 aliphatic rings. The Morgan fingerprint density at radius 2 is 2.27 bits per heavy atom. The minimum Gasteiger partial charge on any atom is -0.390 e. The van der Waals surface area contributed by atoms with E-state index in [1.165, 1.54) is 6.20 Å². The molecule has 0 saturated carbocycles. The van der Waals surface area contributed by atoms with Crippen molar-refractivity contribution in [3.63, 3.8) is 0 Å². The predicted molar refractivity (Wildman–Crippen MR) is 47.7 cm³/mol. The van der Waals surface area contributed by atoms with Gasteiger partial charge >= 0.3 is 0 Å². The molecule has 0 aromatic carbocycles. The van der Waals surface area contributed by atoms with E-state index in [2.05, 4.69) is 4.98 Å². The second-order valence-electron chi connectivity index (χ2n) is 2.79. The summed E-state index contributed by atoms with van der Waals surface area (Å²) in [6, 6.07) is 1.66. The number of pyridine rings is 1. The number of nitrogens with two attached hydrogens (primary N) is 1. The number of hydrogen-bond donors (Lipinski definition) is 2. The summed E-state index contributed by atoms with van der Waals surface area (Å²) in [5, 5.41) is 17.6. The molecule has 0 saturated heterocycles. The molecule has 1 aromatic rings. The van der Waals surface area contributed by atoms with Gasteiger partial charge in [-0.15, -0.1) is 0 Å². The maximum absolute atomic E-state index is 12.6. The summed E-state index contributed by atoms with van der Waals surface area (Å²) in [7, 11) is 0. The smallest absolute Gasteiger partial charge is 0.266 e. The summed E-state index contributed by atoms with van der Waals surface area (Å²) >= 11 is 0. The molecule has 0 fully saturated rings. The van der Waals surface area contributed by atoms with E-state index < -0.39 is 18.6 Å². The largest absolute Gasteiger partial charge is 0.390 e. The van der Waals surface area contributed by atoms with Crippen molar-refractivity contribution in [3.8, 4) is 6.07 Å². The number of nitriles is 1. The highest BCUT2D eigenvalue weighted by Gasteiger charge is 2.21. The third-order valence-corrected chi connectivity index (χ3v) is 1.98. The average molecular weight is 213 g/mol. The minimum absolute atomic E-state index is 0.0404. The first kappa shape index (κ1) is 11.5. The molecule has 0 amide bonds. The van der Waals surface area contributed by atoms with E-state index in [1.54, 1.807) is 6.07 Å². The summed E-state index contributed by atoms with van der Waals surface area (Å²) in [6.07, 6.45) is -1.61. The Balaban J connectivity index is 3.46. The van der Waals surface area contributed by atoms with Crippen LogP contribution in [0, 0.1) is 11.3 Å². The highest BCUT2D eigenvalue weighted by atomic mass is 19.3. The van der Waals surface area contributed by atoms with Crippen molar-refractivity contribution in [3.05, 3.63) is 28.6 Å². The van der Waals surface area contributed by atoms with Crippen LogP contribution < -0.4 is 5.73 Å². The molecule has 80 valence electrons. The van der Waals surface area contributed by atoms with Crippen LogP contribution in [0.25, 0.3) is 0 Å². The van der Waals surface area contributed by atoms with Crippen molar-refractivity contribution in [2.45, 2.75) is 19.6 Å². The number of rotatable bonds is 3. The van der Waals surface area contributed by atoms with Gasteiger partial charge in [-0.3, -0.25) is 4.98 Å². The molecule has 1 aromatic heterocycles. The lowest BCUT2D eigenvalue weighted by Crippen LogP contribution is -2.08. The van der Waals surface area contributed by atoms with Gasteiger partial charge in [0.15, 0.2) is 0 Å². The fraction of sp³-hybridized carbons (Fsp3) is 0.333. The van der Waals surface area contributed by atoms with Gasteiger partial charge in [-0.25, -0.2) is 8.78 Å². The molecule has 1 heterocycles. The fourth-order valence-electron chi connectivity index (χ4n) is 1.26. The number of halogens is 2. The van der Waals surface area contributed by atoms with Gasteiger partial charge < -0.3 is 10.8 Å². The summed E-state index contributed by atoms with van der Waals surface area (Å²) in [6.45, 7) is -0.666. The zero-order valence-corrected chi connectivity index (χ0v) is 7.74. The lowest BCUT2D eigenvalue weighted by Gasteiger charge is -2.10. The Kier molecular flexibility index (Phi) is 3.66. The lowest BCUT2D eigenvalue weighted by molar-refractivity contribution is 0.145. The maximum atomic E-state index is 12.6. The standard InChI is InChI=1S/C9H9F2N3O/c10-9(11)8-6(2-13)5(1-12)3-14-7(8)4-15/h3,9,15H,1,4,12H2. The highest BCUT2D eigenvalue weighted by Crippen LogP contribution is 2.27. The second-order valence-corrected chi connectivity index (χ2v) is 2.79. The fourth-order valence-corrected chi connectivity index (χ4v) is 1.26. The number of hydrogen-bond acceptors (Lipinski definition) is 4. The van der Waals surface area contributed by atoms with Crippen LogP contribution in [0.1, 0.15) is 28.8 Å². The summed E-state index contributed by atoms with van der Waals surface area (Å²) in [4.78, 5) is 3.64. The van der Waals surface area contributed by atoms with Crippen LogP contribution in [0.15, 0.2) is 6.20 Å². The second kappa shape index (κ2) is 4.77. The Hall–Kier alpha value is -1.58. The zero-order chi connectivity index (χ0) is 11.4. The van der Waals surface area contributed by atoms with Crippen LogP contribution in [0.5, 0.6) is 0 Å². The molecule has 1 rings (SSSR count). The van der Waals surface area contributed by atoms with Crippen LogP contribution in [0.4, 0.5) is 8.78 Å². The van der Waals surface area contributed by atoms with E-state index in [0.29, 0.717) is 0 Å². The summed E-state index contributed by atoms with van der Waals surface area (Å²) < 4.78 is 25.3. The van der Waals surface area contributed by atoms with Gasteiger partial charge in [0, 0.05) is 18.3 Å². The molecule has 0 radical (unpaired) electrons. The maximum Gasteiger partial charge on any atom is 0.266 e. The van der Waals surface area contributed by atoms with Gasteiger partial charge in [-0.05, 0) is 0 Å².